The Labute approximate surface area is 143 Å². The minimum absolute atomic E-state index is 0.0826. The monoisotopic (exact) mass is 334 g/mol. The van der Waals surface area contributed by atoms with E-state index in [4.69, 9.17) is 4.74 Å². The molecule has 1 aliphatic carbocycles. The predicted octanol–water partition coefficient (Wildman–Crippen LogP) is 2.89. The highest BCUT2D eigenvalue weighted by atomic mass is 19.1. The van der Waals surface area contributed by atoms with E-state index in [1.807, 2.05) is 4.90 Å². The molecule has 1 aliphatic heterocycles. The third kappa shape index (κ3) is 3.95. The molecule has 1 heterocycles. The van der Waals surface area contributed by atoms with E-state index >= 15 is 0 Å². The Morgan fingerprint density at radius 3 is 2.67 bits per heavy atom. The first kappa shape index (κ1) is 17.4. The first-order chi connectivity index (χ1) is 11.7. The Morgan fingerprint density at radius 1 is 1.25 bits per heavy atom. The Hall–Kier alpha value is -1.46. The average Bonchev–Trinajstić information content (AvgIpc) is 2.60. The molecule has 0 bridgehead atoms. The summed E-state index contributed by atoms with van der Waals surface area (Å²) in [5.74, 6) is 0.0789. The number of nitrogens with one attached hydrogen (secondary N) is 1. The van der Waals surface area contributed by atoms with E-state index in [1.54, 1.807) is 18.2 Å². The number of ether oxygens (including phenoxy) is 1. The third-order valence-electron chi connectivity index (χ3n) is 5.30. The van der Waals surface area contributed by atoms with Crippen molar-refractivity contribution in [3.63, 3.8) is 0 Å². The van der Waals surface area contributed by atoms with Crippen molar-refractivity contribution in [1.82, 2.24) is 10.2 Å². The SMILES string of the molecule is CC1CCCCC1NC(=O)C(c1ccccc1F)N1CCOCC1. The van der Waals surface area contributed by atoms with Gasteiger partial charge in [0.05, 0.1) is 13.2 Å². The lowest BCUT2D eigenvalue weighted by atomic mass is 9.85. The van der Waals surface area contributed by atoms with Gasteiger partial charge in [-0.3, -0.25) is 9.69 Å². The molecular formula is C19H27FN2O2. The van der Waals surface area contributed by atoms with Gasteiger partial charge in [-0.15, -0.1) is 0 Å². The van der Waals surface area contributed by atoms with Crippen LogP contribution in [0.3, 0.4) is 0 Å². The summed E-state index contributed by atoms with van der Waals surface area (Å²) in [5.41, 5.74) is 0.459. The van der Waals surface area contributed by atoms with E-state index < -0.39 is 6.04 Å². The third-order valence-corrected chi connectivity index (χ3v) is 5.30. The zero-order valence-corrected chi connectivity index (χ0v) is 14.3. The van der Waals surface area contributed by atoms with Gasteiger partial charge in [-0.1, -0.05) is 38.0 Å². The molecule has 2 fully saturated rings. The maximum absolute atomic E-state index is 14.4. The van der Waals surface area contributed by atoms with Crippen molar-refractivity contribution >= 4 is 5.91 Å². The molecule has 0 radical (unpaired) electrons. The van der Waals surface area contributed by atoms with Gasteiger partial charge in [0.15, 0.2) is 0 Å². The molecule has 1 saturated heterocycles. The van der Waals surface area contributed by atoms with Gasteiger partial charge < -0.3 is 10.1 Å². The molecule has 1 N–H and O–H groups in total. The number of carbonyl (C=O) groups is 1. The van der Waals surface area contributed by atoms with Crippen LogP contribution < -0.4 is 5.32 Å². The Bertz CT molecular complexity index is 560. The molecule has 5 heteroatoms. The van der Waals surface area contributed by atoms with Gasteiger partial charge in [0.1, 0.15) is 11.9 Å². The number of carbonyl (C=O) groups excluding carboxylic acids is 1. The van der Waals surface area contributed by atoms with Crippen molar-refractivity contribution in [2.45, 2.75) is 44.7 Å². The van der Waals surface area contributed by atoms with E-state index in [-0.39, 0.29) is 17.8 Å². The molecule has 3 rings (SSSR count). The van der Waals surface area contributed by atoms with Crippen molar-refractivity contribution in [2.24, 2.45) is 5.92 Å². The molecule has 0 aromatic heterocycles. The molecular weight excluding hydrogens is 307 g/mol. The van der Waals surface area contributed by atoms with Crippen molar-refractivity contribution < 1.29 is 13.9 Å². The molecule has 4 nitrogen and oxygen atoms in total. The zero-order chi connectivity index (χ0) is 16.9. The van der Waals surface area contributed by atoms with E-state index in [2.05, 4.69) is 12.2 Å². The molecule has 1 aromatic rings. The van der Waals surface area contributed by atoms with Gasteiger partial charge in [0.25, 0.3) is 0 Å². The van der Waals surface area contributed by atoms with E-state index in [9.17, 15) is 9.18 Å². The van der Waals surface area contributed by atoms with Gasteiger partial charge in [-0.05, 0) is 24.8 Å². The summed E-state index contributed by atoms with van der Waals surface area (Å²) in [6.45, 7) is 4.65. The second kappa shape index (κ2) is 8.08. The fraction of sp³-hybridized carbons (Fsp3) is 0.632. The summed E-state index contributed by atoms with van der Waals surface area (Å²) in [4.78, 5) is 15.1. The fourth-order valence-corrected chi connectivity index (χ4v) is 3.83. The standard InChI is InChI=1S/C19H27FN2O2/c1-14-6-2-5-9-17(14)21-19(23)18(22-10-12-24-13-11-22)15-7-3-4-8-16(15)20/h3-4,7-8,14,17-18H,2,5-6,9-13H2,1H3,(H,21,23). The number of hydrogen-bond acceptors (Lipinski definition) is 3. The van der Waals surface area contributed by atoms with Gasteiger partial charge in [0.2, 0.25) is 5.91 Å². The number of benzene rings is 1. The van der Waals surface area contributed by atoms with Crippen LogP contribution in [0.15, 0.2) is 24.3 Å². The van der Waals surface area contributed by atoms with Gasteiger partial charge in [0, 0.05) is 24.7 Å². The predicted molar refractivity (Wildman–Crippen MR) is 91.1 cm³/mol. The second-order valence-electron chi connectivity index (χ2n) is 6.95. The largest absolute Gasteiger partial charge is 0.379 e. The highest BCUT2D eigenvalue weighted by Crippen LogP contribution is 2.28. The Morgan fingerprint density at radius 2 is 1.96 bits per heavy atom. The van der Waals surface area contributed by atoms with Gasteiger partial charge in [-0.2, -0.15) is 0 Å². The van der Waals surface area contributed by atoms with E-state index in [0.717, 1.165) is 19.3 Å². The number of hydrogen-bond donors (Lipinski definition) is 1. The summed E-state index contributed by atoms with van der Waals surface area (Å²) in [6, 6.07) is 6.22. The molecule has 24 heavy (non-hydrogen) atoms. The first-order valence-corrected chi connectivity index (χ1v) is 9.03. The fourth-order valence-electron chi connectivity index (χ4n) is 3.83. The maximum atomic E-state index is 14.4. The first-order valence-electron chi connectivity index (χ1n) is 9.03. The van der Waals surface area contributed by atoms with Crippen LogP contribution in [0.25, 0.3) is 0 Å². The number of halogens is 1. The Kier molecular flexibility index (Phi) is 5.85. The van der Waals surface area contributed by atoms with E-state index in [1.165, 1.54) is 12.5 Å². The molecule has 1 saturated carbocycles. The number of nitrogens with zero attached hydrogens (tertiary/aromatic N) is 1. The number of amides is 1. The molecule has 3 unspecified atom stereocenters. The summed E-state index contributed by atoms with van der Waals surface area (Å²) in [5, 5.41) is 3.20. The highest BCUT2D eigenvalue weighted by molar-refractivity contribution is 5.83. The summed E-state index contributed by atoms with van der Waals surface area (Å²) < 4.78 is 19.8. The lowest BCUT2D eigenvalue weighted by Gasteiger charge is -2.36. The minimum Gasteiger partial charge on any atom is -0.379 e. The lowest BCUT2D eigenvalue weighted by Crippen LogP contribution is -2.50. The smallest absolute Gasteiger partial charge is 0.242 e. The van der Waals surface area contributed by atoms with Gasteiger partial charge in [-0.25, -0.2) is 4.39 Å². The van der Waals surface area contributed by atoms with Crippen LogP contribution in [0, 0.1) is 11.7 Å². The van der Waals surface area contributed by atoms with E-state index in [0.29, 0.717) is 37.8 Å². The average molecular weight is 334 g/mol. The second-order valence-corrected chi connectivity index (χ2v) is 6.95. The molecule has 132 valence electrons. The van der Waals surface area contributed by atoms with Crippen LogP contribution in [-0.2, 0) is 9.53 Å². The highest BCUT2D eigenvalue weighted by Gasteiger charge is 2.33. The molecule has 1 amide bonds. The molecule has 0 spiro atoms. The summed E-state index contributed by atoms with van der Waals surface area (Å²) in [6.07, 6.45) is 4.54. The summed E-state index contributed by atoms with van der Waals surface area (Å²) >= 11 is 0. The van der Waals surface area contributed by atoms with Crippen LogP contribution in [-0.4, -0.2) is 43.2 Å². The number of morpholine rings is 1. The van der Waals surface area contributed by atoms with Crippen LogP contribution >= 0.6 is 0 Å². The molecule has 2 aliphatic rings. The van der Waals surface area contributed by atoms with Crippen LogP contribution in [0.2, 0.25) is 0 Å². The molecule has 1 aromatic carbocycles. The van der Waals surface area contributed by atoms with Crippen molar-refractivity contribution in [3.05, 3.63) is 35.6 Å². The maximum Gasteiger partial charge on any atom is 0.242 e. The zero-order valence-electron chi connectivity index (χ0n) is 14.3. The van der Waals surface area contributed by atoms with Crippen LogP contribution in [0.1, 0.15) is 44.2 Å². The van der Waals surface area contributed by atoms with Crippen molar-refractivity contribution in [1.29, 1.82) is 0 Å². The van der Waals surface area contributed by atoms with Crippen molar-refractivity contribution in [2.75, 3.05) is 26.3 Å². The van der Waals surface area contributed by atoms with Crippen LogP contribution in [0.5, 0.6) is 0 Å². The van der Waals surface area contributed by atoms with Gasteiger partial charge >= 0.3 is 0 Å². The molecule has 3 atom stereocenters. The topological polar surface area (TPSA) is 41.6 Å². The Balaban J connectivity index is 1.80. The minimum atomic E-state index is -0.579. The lowest BCUT2D eigenvalue weighted by molar-refractivity contribution is -0.130. The quantitative estimate of drug-likeness (QED) is 0.920. The van der Waals surface area contributed by atoms with Crippen molar-refractivity contribution in [3.8, 4) is 0 Å². The van der Waals surface area contributed by atoms with Crippen LogP contribution in [0.4, 0.5) is 4.39 Å². The number of rotatable bonds is 4. The normalized spacial score (nSPS) is 26.8. The summed E-state index contributed by atoms with van der Waals surface area (Å²) in [7, 11) is 0.